The second-order valence-electron chi connectivity index (χ2n) is 6.00. The number of carbonyl (C=O) groups is 3. The lowest BCUT2D eigenvalue weighted by molar-refractivity contribution is -0.124. The molecule has 0 fully saturated rings. The van der Waals surface area contributed by atoms with Gasteiger partial charge in [0.05, 0.1) is 24.9 Å². The molecule has 2 aromatic carbocycles. The number of rotatable bonds is 9. The van der Waals surface area contributed by atoms with Gasteiger partial charge in [-0.05, 0) is 36.2 Å². The number of nitrogens with one attached hydrogen (secondary N) is 2. The molecule has 0 aliphatic rings. The average Bonchev–Trinajstić information content (AvgIpc) is 2.75. The molecule has 2 aromatic rings. The molecule has 0 aromatic heterocycles. The molecule has 29 heavy (non-hydrogen) atoms. The van der Waals surface area contributed by atoms with Crippen LogP contribution in [0, 0.1) is 12.3 Å². The van der Waals surface area contributed by atoms with Crippen molar-refractivity contribution in [3.8, 4) is 18.1 Å². The van der Waals surface area contributed by atoms with E-state index in [4.69, 9.17) is 15.9 Å². The zero-order chi connectivity index (χ0) is 21.1. The summed E-state index contributed by atoms with van der Waals surface area (Å²) in [6, 6.07) is 13.9. The van der Waals surface area contributed by atoms with Gasteiger partial charge in [-0.3, -0.25) is 9.59 Å². The van der Waals surface area contributed by atoms with Crippen LogP contribution in [0.4, 0.5) is 5.69 Å². The van der Waals surface area contributed by atoms with Crippen molar-refractivity contribution < 1.29 is 23.9 Å². The number of terminal acetylenes is 1. The SMILES string of the molecule is C#CCNC(=O)COC(=O)c1ccccc1NC(=O)CCc1ccc(OC)cc1. The molecule has 0 aliphatic carbocycles. The first kappa shape index (κ1) is 21.5. The number of esters is 1. The Morgan fingerprint density at radius 1 is 1.03 bits per heavy atom. The number of amides is 2. The molecule has 7 nitrogen and oxygen atoms in total. The molecular weight excluding hydrogens is 372 g/mol. The van der Waals surface area contributed by atoms with Gasteiger partial charge in [0.2, 0.25) is 5.91 Å². The van der Waals surface area contributed by atoms with Crippen LogP contribution in [0.3, 0.4) is 0 Å². The predicted octanol–water partition coefficient (Wildman–Crippen LogP) is 2.17. The van der Waals surface area contributed by atoms with Crippen LogP contribution in [0.5, 0.6) is 5.75 Å². The van der Waals surface area contributed by atoms with Gasteiger partial charge in [0.15, 0.2) is 6.61 Å². The average molecular weight is 394 g/mol. The first-order valence-electron chi connectivity index (χ1n) is 8.92. The van der Waals surface area contributed by atoms with Gasteiger partial charge in [0.1, 0.15) is 5.75 Å². The Kier molecular flexibility index (Phi) is 8.27. The van der Waals surface area contributed by atoms with E-state index in [1.165, 1.54) is 6.07 Å². The summed E-state index contributed by atoms with van der Waals surface area (Å²) in [5.74, 6) is 1.54. The lowest BCUT2D eigenvalue weighted by Gasteiger charge is -2.11. The summed E-state index contributed by atoms with van der Waals surface area (Å²) in [5.41, 5.74) is 1.47. The molecular formula is C22H22N2O5. The van der Waals surface area contributed by atoms with Crippen LogP contribution in [-0.2, 0) is 20.7 Å². The van der Waals surface area contributed by atoms with Crippen molar-refractivity contribution in [2.24, 2.45) is 0 Å². The highest BCUT2D eigenvalue weighted by Crippen LogP contribution is 2.17. The predicted molar refractivity (Wildman–Crippen MR) is 109 cm³/mol. The third-order valence-electron chi connectivity index (χ3n) is 3.94. The molecule has 0 bridgehead atoms. The number of methoxy groups -OCH3 is 1. The Bertz CT molecular complexity index is 900. The standard InChI is InChI=1S/C22H22N2O5/c1-3-14-23-21(26)15-29-22(27)18-6-4-5-7-19(18)24-20(25)13-10-16-8-11-17(28-2)12-9-16/h1,4-9,11-12H,10,13-15H2,2H3,(H,23,26)(H,24,25). The van der Waals surface area contributed by atoms with E-state index in [1.54, 1.807) is 25.3 Å². The van der Waals surface area contributed by atoms with E-state index in [0.717, 1.165) is 11.3 Å². The Morgan fingerprint density at radius 2 is 1.76 bits per heavy atom. The normalized spacial score (nSPS) is 9.79. The molecule has 2 amide bonds. The fraction of sp³-hybridized carbons (Fsp3) is 0.227. The van der Waals surface area contributed by atoms with Crippen LogP contribution in [-0.4, -0.2) is 38.0 Å². The summed E-state index contributed by atoms with van der Waals surface area (Å²) in [7, 11) is 1.59. The second kappa shape index (κ2) is 11.1. The van der Waals surface area contributed by atoms with Gasteiger partial charge in [-0.2, -0.15) is 0 Å². The van der Waals surface area contributed by atoms with Gasteiger partial charge >= 0.3 is 5.97 Å². The van der Waals surface area contributed by atoms with Crippen molar-refractivity contribution in [1.29, 1.82) is 0 Å². The Morgan fingerprint density at radius 3 is 2.45 bits per heavy atom. The van der Waals surface area contributed by atoms with Crippen LogP contribution in [0.2, 0.25) is 0 Å². The molecule has 2 rings (SSSR count). The topological polar surface area (TPSA) is 93.7 Å². The summed E-state index contributed by atoms with van der Waals surface area (Å²) in [4.78, 5) is 36.1. The molecule has 7 heteroatoms. The van der Waals surface area contributed by atoms with Gasteiger partial charge < -0.3 is 20.1 Å². The summed E-state index contributed by atoms with van der Waals surface area (Å²) < 4.78 is 10.1. The van der Waals surface area contributed by atoms with Crippen molar-refractivity contribution in [3.63, 3.8) is 0 Å². The molecule has 0 radical (unpaired) electrons. The largest absolute Gasteiger partial charge is 0.497 e. The van der Waals surface area contributed by atoms with Crippen LogP contribution >= 0.6 is 0 Å². The maximum atomic E-state index is 12.3. The highest BCUT2D eigenvalue weighted by molar-refractivity contribution is 6.01. The smallest absolute Gasteiger partial charge is 0.340 e. The van der Waals surface area contributed by atoms with E-state index in [-0.39, 0.29) is 24.4 Å². The molecule has 0 heterocycles. The number of hydrogen-bond donors (Lipinski definition) is 2. The summed E-state index contributed by atoms with van der Waals surface area (Å²) in [6.45, 7) is -0.405. The third kappa shape index (κ3) is 7.03. The molecule has 0 aliphatic heterocycles. The van der Waals surface area contributed by atoms with E-state index < -0.39 is 18.5 Å². The minimum absolute atomic E-state index is 0.0528. The molecule has 0 saturated carbocycles. The summed E-state index contributed by atoms with van der Waals surface area (Å²) in [6.07, 6.45) is 5.83. The Balaban J connectivity index is 1.91. The van der Waals surface area contributed by atoms with E-state index in [1.807, 2.05) is 24.3 Å². The number of anilines is 1. The van der Waals surface area contributed by atoms with Crippen molar-refractivity contribution in [2.45, 2.75) is 12.8 Å². The molecule has 0 spiro atoms. The molecule has 0 saturated heterocycles. The lowest BCUT2D eigenvalue weighted by atomic mass is 10.1. The van der Waals surface area contributed by atoms with Crippen molar-refractivity contribution in [2.75, 3.05) is 25.6 Å². The third-order valence-corrected chi connectivity index (χ3v) is 3.94. The summed E-state index contributed by atoms with van der Waals surface area (Å²) >= 11 is 0. The first-order valence-corrected chi connectivity index (χ1v) is 8.92. The highest BCUT2D eigenvalue weighted by atomic mass is 16.5. The minimum atomic E-state index is -0.716. The van der Waals surface area contributed by atoms with Crippen LogP contribution < -0.4 is 15.4 Å². The minimum Gasteiger partial charge on any atom is -0.497 e. The van der Waals surface area contributed by atoms with Gasteiger partial charge in [-0.1, -0.05) is 30.2 Å². The number of benzene rings is 2. The van der Waals surface area contributed by atoms with Gasteiger partial charge in [-0.25, -0.2) is 4.79 Å². The monoisotopic (exact) mass is 394 g/mol. The number of ether oxygens (including phenoxy) is 2. The first-order chi connectivity index (χ1) is 14.0. The Hall–Kier alpha value is -3.79. The van der Waals surface area contributed by atoms with Crippen molar-refractivity contribution in [1.82, 2.24) is 5.32 Å². The zero-order valence-corrected chi connectivity index (χ0v) is 16.1. The maximum absolute atomic E-state index is 12.3. The number of hydrogen-bond acceptors (Lipinski definition) is 5. The zero-order valence-electron chi connectivity index (χ0n) is 16.1. The van der Waals surface area contributed by atoms with E-state index in [2.05, 4.69) is 16.6 Å². The van der Waals surface area contributed by atoms with Crippen molar-refractivity contribution >= 4 is 23.5 Å². The maximum Gasteiger partial charge on any atom is 0.340 e. The molecule has 0 unspecified atom stereocenters. The van der Waals surface area contributed by atoms with Crippen LogP contribution in [0.15, 0.2) is 48.5 Å². The number of aryl methyl sites for hydroxylation is 1. The van der Waals surface area contributed by atoms with E-state index in [0.29, 0.717) is 12.1 Å². The molecule has 150 valence electrons. The lowest BCUT2D eigenvalue weighted by Crippen LogP contribution is -2.29. The number of carbonyl (C=O) groups excluding carboxylic acids is 3. The van der Waals surface area contributed by atoms with E-state index >= 15 is 0 Å². The van der Waals surface area contributed by atoms with Gasteiger partial charge in [0.25, 0.3) is 5.91 Å². The molecule has 2 N–H and O–H groups in total. The number of para-hydroxylation sites is 1. The molecule has 0 atom stereocenters. The fourth-order valence-electron chi connectivity index (χ4n) is 2.44. The van der Waals surface area contributed by atoms with Crippen molar-refractivity contribution in [3.05, 3.63) is 59.7 Å². The van der Waals surface area contributed by atoms with Gasteiger partial charge in [0, 0.05) is 6.42 Å². The summed E-state index contributed by atoms with van der Waals surface area (Å²) in [5, 5.41) is 5.11. The fourth-order valence-corrected chi connectivity index (χ4v) is 2.44. The van der Waals surface area contributed by atoms with Crippen LogP contribution in [0.1, 0.15) is 22.3 Å². The highest BCUT2D eigenvalue weighted by Gasteiger charge is 2.15. The van der Waals surface area contributed by atoms with E-state index in [9.17, 15) is 14.4 Å². The van der Waals surface area contributed by atoms with Gasteiger partial charge in [-0.15, -0.1) is 6.42 Å². The van der Waals surface area contributed by atoms with Crippen LogP contribution in [0.25, 0.3) is 0 Å². The quantitative estimate of drug-likeness (QED) is 0.502. The Labute approximate surface area is 169 Å². The second-order valence-corrected chi connectivity index (χ2v) is 6.00.